The Hall–Kier alpha value is -1.02. The lowest BCUT2D eigenvalue weighted by molar-refractivity contribution is 0.281. The highest BCUT2D eigenvalue weighted by Gasteiger charge is 2.33. The summed E-state index contributed by atoms with van der Waals surface area (Å²) in [6, 6.07) is 8.13. The number of hydrogen-bond acceptors (Lipinski definition) is 2. The smallest absolute Gasteiger partial charge is 0.120 e. The van der Waals surface area contributed by atoms with Gasteiger partial charge in [-0.25, -0.2) is 0 Å². The van der Waals surface area contributed by atoms with Crippen LogP contribution >= 0.6 is 0 Å². The Labute approximate surface area is 97.7 Å². The molecule has 0 heterocycles. The highest BCUT2D eigenvalue weighted by molar-refractivity contribution is 5.31. The molecule has 0 radical (unpaired) electrons. The zero-order valence-electron chi connectivity index (χ0n) is 10.2. The molecular weight excluding hydrogens is 198 g/mol. The normalized spacial score (nSPS) is 23.5. The molecule has 0 amide bonds. The van der Waals surface area contributed by atoms with Crippen molar-refractivity contribution in [2.24, 2.45) is 5.41 Å². The van der Waals surface area contributed by atoms with Crippen molar-refractivity contribution in [3.8, 4) is 5.75 Å². The SMILES string of the molecule is CC1(C)CCCC1NCc1ccccc1O. The van der Waals surface area contributed by atoms with Crippen molar-refractivity contribution in [1.82, 2.24) is 5.32 Å². The average molecular weight is 219 g/mol. The van der Waals surface area contributed by atoms with E-state index in [1.807, 2.05) is 18.2 Å². The monoisotopic (exact) mass is 219 g/mol. The summed E-state index contributed by atoms with van der Waals surface area (Å²) < 4.78 is 0. The van der Waals surface area contributed by atoms with Crippen LogP contribution in [0.1, 0.15) is 38.7 Å². The molecule has 0 spiro atoms. The van der Waals surface area contributed by atoms with Crippen molar-refractivity contribution in [1.29, 1.82) is 0 Å². The van der Waals surface area contributed by atoms with Gasteiger partial charge in [-0.1, -0.05) is 38.5 Å². The van der Waals surface area contributed by atoms with Gasteiger partial charge in [0.1, 0.15) is 5.75 Å². The lowest BCUT2D eigenvalue weighted by Crippen LogP contribution is -2.37. The summed E-state index contributed by atoms with van der Waals surface area (Å²) in [5, 5.41) is 13.2. The highest BCUT2D eigenvalue weighted by atomic mass is 16.3. The van der Waals surface area contributed by atoms with Gasteiger partial charge in [0.05, 0.1) is 0 Å². The average Bonchev–Trinajstić information content (AvgIpc) is 2.57. The van der Waals surface area contributed by atoms with Crippen LogP contribution in [0.4, 0.5) is 0 Å². The quantitative estimate of drug-likeness (QED) is 0.819. The number of phenolic OH excluding ortho intramolecular Hbond substituents is 1. The molecule has 1 aromatic carbocycles. The van der Waals surface area contributed by atoms with Crippen molar-refractivity contribution in [2.75, 3.05) is 0 Å². The van der Waals surface area contributed by atoms with Crippen molar-refractivity contribution >= 4 is 0 Å². The van der Waals surface area contributed by atoms with Gasteiger partial charge in [-0.2, -0.15) is 0 Å². The summed E-state index contributed by atoms with van der Waals surface area (Å²) in [4.78, 5) is 0. The van der Waals surface area contributed by atoms with E-state index in [0.29, 0.717) is 17.2 Å². The van der Waals surface area contributed by atoms with Gasteiger partial charge in [-0.05, 0) is 24.3 Å². The molecule has 88 valence electrons. The van der Waals surface area contributed by atoms with Crippen molar-refractivity contribution in [2.45, 2.75) is 45.7 Å². The Morgan fingerprint density at radius 3 is 2.75 bits per heavy atom. The molecule has 0 saturated heterocycles. The molecule has 1 unspecified atom stereocenters. The van der Waals surface area contributed by atoms with E-state index in [4.69, 9.17) is 0 Å². The number of benzene rings is 1. The van der Waals surface area contributed by atoms with Crippen LogP contribution in [0.25, 0.3) is 0 Å². The standard InChI is InChI=1S/C14H21NO/c1-14(2)9-5-8-13(14)15-10-11-6-3-4-7-12(11)16/h3-4,6-7,13,15-16H,5,8-10H2,1-2H3. The summed E-state index contributed by atoms with van der Waals surface area (Å²) >= 11 is 0. The molecule has 2 N–H and O–H groups in total. The van der Waals surface area contributed by atoms with Gasteiger partial charge >= 0.3 is 0 Å². The third kappa shape index (κ3) is 2.38. The molecule has 1 fully saturated rings. The van der Waals surface area contributed by atoms with Gasteiger partial charge in [0.15, 0.2) is 0 Å². The Morgan fingerprint density at radius 1 is 1.38 bits per heavy atom. The minimum atomic E-state index is 0.393. The molecule has 0 aliphatic heterocycles. The van der Waals surface area contributed by atoms with Crippen LogP contribution in [0.2, 0.25) is 0 Å². The number of nitrogens with one attached hydrogen (secondary N) is 1. The van der Waals surface area contributed by atoms with Crippen molar-refractivity contribution in [3.05, 3.63) is 29.8 Å². The van der Waals surface area contributed by atoms with E-state index in [1.165, 1.54) is 19.3 Å². The maximum absolute atomic E-state index is 9.67. The number of para-hydroxylation sites is 1. The lowest BCUT2D eigenvalue weighted by atomic mass is 9.87. The van der Waals surface area contributed by atoms with E-state index in [1.54, 1.807) is 6.07 Å². The summed E-state index contributed by atoms with van der Waals surface area (Å²) in [6.45, 7) is 5.41. The molecular formula is C14H21NO. The van der Waals surface area contributed by atoms with Crippen LogP contribution in [0.3, 0.4) is 0 Å². The lowest BCUT2D eigenvalue weighted by Gasteiger charge is -2.28. The fourth-order valence-electron chi connectivity index (χ4n) is 2.60. The molecule has 1 aromatic rings. The van der Waals surface area contributed by atoms with Crippen LogP contribution in [-0.4, -0.2) is 11.1 Å². The maximum Gasteiger partial charge on any atom is 0.120 e. The van der Waals surface area contributed by atoms with Gasteiger partial charge in [-0.3, -0.25) is 0 Å². The first-order valence-electron chi connectivity index (χ1n) is 6.10. The molecule has 1 aliphatic rings. The van der Waals surface area contributed by atoms with Crippen LogP contribution in [0.5, 0.6) is 5.75 Å². The molecule has 0 aromatic heterocycles. The second-order valence-electron chi connectivity index (χ2n) is 5.44. The molecule has 1 aliphatic carbocycles. The van der Waals surface area contributed by atoms with E-state index < -0.39 is 0 Å². The molecule has 2 heteroatoms. The second kappa shape index (κ2) is 4.46. The van der Waals surface area contributed by atoms with E-state index in [-0.39, 0.29) is 0 Å². The third-order valence-corrected chi connectivity index (χ3v) is 3.79. The van der Waals surface area contributed by atoms with Gasteiger partial charge in [0.2, 0.25) is 0 Å². The molecule has 2 rings (SSSR count). The van der Waals surface area contributed by atoms with Gasteiger partial charge in [-0.15, -0.1) is 0 Å². The summed E-state index contributed by atoms with van der Waals surface area (Å²) in [5.41, 5.74) is 1.38. The predicted molar refractivity (Wildman–Crippen MR) is 66.4 cm³/mol. The maximum atomic E-state index is 9.67. The van der Waals surface area contributed by atoms with E-state index in [0.717, 1.165) is 12.1 Å². The second-order valence-corrected chi connectivity index (χ2v) is 5.44. The van der Waals surface area contributed by atoms with E-state index in [2.05, 4.69) is 19.2 Å². The Balaban J connectivity index is 1.95. The van der Waals surface area contributed by atoms with E-state index in [9.17, 15) is 5.11 Å². The molecule has 1 saturated carbocycles. The summed E-state index contributed by atoms with van der Waals surface area (Å²) in [6.07, 6.45) is 3.86. The molecule has 2 nitrogen and oxygen atoms in total. The van der Waals surface area contributed by atoms with Crippen LogP contribution in [-0.2, 0) is 6.54 Å². The van der Waals surface area contributed by atoms with Gasteiger partial charge < -0.3 is 10.4 Å². The van der Waals surface area contributed by atoms with Crippen LogP contribution in [0.15, 0.2) is 24.3 Å². The largest absolute Gasteiger partial charge is 0.508 e. The Morgan fingerprint density at radius 2 is 2.12 bits per heavy atom. The van der Waals surface area contributed by atoms with Crippen LogP contribution in [0, 0.1) is 5.41 Å². The molecule has 0 bridgehead atoms. The molecule has 1 atom stereocenters. The van der Waals surface area contributed by atoms with E-state index >= 15 is 0 Å². The van der Waals surface area contributed by atoms with Crippen LogP contribution < -0.4 is 5.32 Å². The van der Waals surface area contributed by atoms with Gasteiger partial charge in [0.25, 0.3) is 0 Å². The highest BCUT2D eigenvalue weighted by Crippen LogP contribution is 2.37. The first-order valence-corrected chi connectivity index (χ1v) is 6.10. The first-order chi connectivity index (χ1) is 7.59. The van der Waals surface area contributed by atoms with Gasteiger partial charge in [0, 0.05) is 18.2 Å². The zero-order valence-corrected chi connectivity index (χ0v) is 10.2. The Bertz CT molecular complexity index is 360. The van der Waals surface area contributed by atoms with Crippen molar-refractivity contribution in [3.63, 3.8) is 0 Å². The minimum Gasteiger partial charge on any atom is -0.508 e. The number of rotatable bonds is 3. The predicted octanol–water partition coefficient (Wildman–Crippen LogP) is 3.06. The third-order valence-electron chi connectivity index (χ3n) is 3.79. The fraction of sp³-hybridized carbons (Fsp3) is 0.571. The zero-order chi connectivity index (χ0) is 11.6. The number of phenols is 1. The first kappa shape index (κ1) is 11.5. The number of hydrogen-bond donors (Lipinski definition) is 2. The minimum absolute atomic E-state index is 0.393. The Kier molecular flexibility index (Phi) is 3.20. The summed E-state index contributed by atoms with van der Waals surface area (Å²) in [7, 11) is 0. The number of aromatic hydroxyl groups is 1. The molecule has 16 heavy (non-hydrogen) atoms. The van der Waals surface area contributed by atoms with Crippen molar-refractivity contribution < 1.29 is 5.11 Å². The summed E-state index contributed by atoms with van der Waals surface area (Å²) in [5.74, 6) is 0.394. The fourth-order valence-corrected chi connectivity index (χ4v) is 2.60. The topological polar surface area (TPSA) is 32.3 Å².